The molecule has 2 heterocycles. The molecule has 20 heavy (non-hydrogen) atoms. The Labute approximate surface area is 117 Å². The number of nitrogens with two attached hydrogens (primary N) is 1. The summed E-state index contributed by atoms with van der Waals surface area (Å²) >= 11 is 0. The summed E-state index contributed by atoms with van der Waals surface area (Å²) in [4.78, 5) is 8.03. The minimum Gasteiger partial charge on any atom is -0.338 e. The van der Waals surface area contributed by atoms with E-state index in [2.05, 4.69) is 14.7 Å². The van der Waals surface area contributed by atoms with Crippen molar-refractivity contribution in [3.05, 3.63) is 42.1 Å². The van der Waals surface area contributed by atoms with Gasteiger partial charge in [0.1, 0.15) is 5.82 Å². The van der Waals surface area contributed by atoms with Crippen LogP contribution in [-0.2, 0) is 30.0 Å². The number of aromatic nitrogens is 3. The minimum absolute atomic E-state index is 0.00506. The van der Waals surface area contributed by atoms with Crippen molar-refractivity contribution >= 4 is 10.0 Å². The van der Waals surface area contributed by atoms with Crippen molar-refractivity contribution < 1.29 is 8.42 Å². The van der Waals surface area contributed by atoms with Crippen molar-refractivity contribution in [3.8, 4) is 0 Å². The van der Waals surface area contributed by atoms with Crippen molar-refractivity contribution in [2.75, 3.05) is 6.54 Å². The number of sulfonamides is 1. The maximum absolute atomic E-state index is 12.0. The Hall–Kier alpha value is -1.77. The van der Waals surface area contributed by atoms with Gasteiger partial charge in [-0.25, -0.2) is 23.1 Å². The summed E-state index contributed by atoms with van der Waals surface area (Å²) < 4.78 is 28.4. The standard InChI is InChI=1S/C12H17N5O2S/c1-17-7-6-14-11(17)4-5-16-20(18,19)12-3-2-10(8-13)9-15-12/h2-3,6-7,9,16H,4-5,8,13H2,1H3. The molecule has 0 fully saturated rings. The average Bonchev–Trinajstić information content (AvgIpc) is 2.84. The van der Waals surface area contributed by atoms with Gasteiger partial charge in [0.25, 0.3) is 10.0 Å². The first-order chi connectivity index (χ1) is 9.53. The zero-order valence-corrected chi connectivity index (χ0v) is 12.0. The Morgan fingerprint density at radius 2 is 2.15 bits per heavy atom. The van der Waals surface area contributed by atoms with E-state index in [0.29, 0.717) is 13.0 Å². The average molecular weight is 295 g/mol. The van der Waals surface area contributed by atoms with Gasteiger partial charge >= 0.3 is 0 Å². The quantitative estimate of drug-likeness (QED) is 0.768. The van der Waals surface area contributed by atoms with E-state index < -0.39 is 10.0 Å². The Bertz CT molecular complexity index is 663. The molecular formula is C12H17N5O2S. The molecular weight excluding hydrogens is 278 g/mol. The number of hydrogen-bond acceptors (Lipinski definition) is 5. The second-order valence-corrected chi connectivity index (χ2v) is 6.02. The highest BCUT2D eigenvalue weighted by Gasteiger charge is 2.15. The number of nitrogens with zero attached hydrogens (tertiary/aromatic N) is 3. The molecule has 2 rings (SSSR count). The van der Waals surface area contributed by atoms with Crippen LogP contribution in [0, 0.1) is 0 Å². The molecule has 0 amide bonds. The summed E-state index contributed by atoms with van der Waals surface area (Å²) in [6.45, 7) is 0.605. The number of nitrogens with one attached hydrogen (secondary N) is 1. The number of hydrogen-bond donors (Lipinski definition) is 2. The summed E-state index contributed by atoms with van der Waals surface area (Å²) in [5.41, 5.74) is 6.23. The van der Waals surface area contributed by atoms with Crippen LogP contribution in [0.25, 0.3) is 0 Å². The lowest BCUT2D eigenvalue weighted by molar-refractivity contribution is 0.576. The fraction of sp³-hybridized carbons (Fsp3) is 0.333. The van der Waals surface area contributed by atoms with E-state index in [1.807, 2.05) is 17.8 Å². The van der Waals surface area contributed by atoms with E-state index in [-0.39, 0.29) is 11.6 Å². The van der Waals surface area contributed by atoms with E-state index in [1.54, 1.807) is 12.3 Å². The van der Waals surface area contributed by atoms with Gasteiger partial charge in [0.05, 0.1) is 0 Å². The topological polar surface area (TPSA) is 103 Å². The second-order valence-electron chi connectivity index (χ2n) is 4.31. The highest BCUT2D eigenvalue weighted by molar-refractivity contribution is 7.89. The van der Waals surface area contributed by atoms with Crippen LogP contribution in [0.15, 0.2) is 35.7 Å². The molecule has 2 aromatic heterocycles. The van der Waals surface area contributed by atoms with Crippen molar-refractivity contribution in [3.63, 3.8) is 0 Å². The molecule has 0 saturated carbocycles. The largest absolute Gasteiger partial charge is 0.338 e. The first-order valence-corrected chi connectivity index (χ1v) is 7.62. The molecule has 0 unspecified atom stereocenters. The summed E-state index contributed by atoms with van der Waals surface area (Å²) in [6.07, 6.45) is 5.48. The van der Waals surface area contributed by atoms with Crippen LogP contribution in [0.3, 0.4) is 0 Å². The second kappa shape index (κ2) is 6.12. The summed E-state index contributed by atoms with van der Waals surface area (Å²) in [5, 5.41) is -0.00506. The van der Waals surface area contributed by atoms with Crippen LogP contribution in [0.2, 0.25) is 0 Å². The molecule has 0 bridgehead atoms. The Balaban J connectivity index is 1.98. The number of rotatable bonds is 6. The molecule has 0 radical (unpaired) electrons. The van der Waals surface area contributed by atoms with E-state index in [4.69, 9.17) is 5.73 Å². The number of imidazole rings is 1. The Kier molecular flexibility index (Phi) is 4.48. The van der Waals surface area contributed by atoms with E-state index in [1.165, 1.54) is 12.3 Å². The first kappa shape index (κ1) is 14.6. The Morgan fingerprint density at radius 1 is 1.35 bits per heavy atom. The molecule has 7 nitrogen and oxygen atoms in total. The van der Waals surface area contributed by atoms with Crippen molar-refractivity contribution in [2.24, 2.45) is 12.8 Å². The fourth-order valence-corrected chi connectivity index (χ4v) is 2.66. The van der Waals surface area contributed by atoms with Crippen LogP contribution in [0.1, 0.15) is 11.4 Å². The predicted octanol–water partition coefficient (Wildman–Crippen LogP) is -0.205. The van der Waals surface area contributed by atoms with Gasteiger partial charge in [-0.3, -0.25) is 0 Å². The SMILES string of the molecule is Cn1ccnc1CCNS(=O)(=O)c1ccc(CN)cn1. The molecule has 8 heteroatoms. The molecule has 0 aliphatic heterocycles. The third-order valence-electron chi connectivity index (χ3n) is 2.87. The van der Waals surface area contributed by atoms with Gasteiger partial charge in [0.15, 0.2) is 5.03 Å². The summed E-state index contributed by atoms with van der Waals surface area (Å²) in [5.74, 6) is 0.819. The number of pyridine rings is 1. The predicted molar refractivity (Wildman–Crippen MR) is 74.2 cm³/mol. The van der Waals surface area contributed by atoms with Crippen molar-refractivity contribution in [1.82, 2.24) is 19.3 Å². The maximum atomic E-state index is 12.0. The molecule has 0 spiro atoms. The van der Waals surface area contributed by atoms with Crippen LogP contribution < -0.4 is 10.5 Å². The smallest absolute Gasteiger partial charge is 0.258 e. The molecule has 0 atom stereocenters. The van der Waals surface area contributed by atoms with Gasteiger partial charge in [0, 0.05) is 45.1 Å². The zero-order valence-electron chi connectivity index (χ0n) is 11.2. The van der Waals surface area contributed by atoms with Crippen LogP contribution in [0.5, 0.6) is 0 Å². The van der Waals surface area contributed by atoms with Gasteiger partial charge in [0.2, 0.25) is 0 Å². The van der Waals surface area contributed by atoms with Crippen molar-refractivity contribution in [1.29, 1.82) is 0 Å². The first-order valence-electron chi connectivity index (χ1n) is 6.14. The van der Waals surface area contributed by atoms with E-state index in [0.717, 1.165) is 11.4 Å². The molecule has 0 aliphatic carbocycles. The van der Waals surface area contributed by atoms with E-state index >= 15 is 0 Å². The normalized spacial score (nSPS) is 11.7. The van der Waals surface area contributed by atoms with E-state index in [9.17, 15) is 8.42 Å². The van der Waals surface area contributed by atoms with Gasteiger partial charge in [-0.05, 0) is 11.6 Å². The lowest BCUT2D eigenvalue weighted by Gasteiger charge is -2.06. The van der Waals surface area contributed by atoms with Crippen molar-refractivity contribution in [2.45, 2.75) is 18.0 Å². The molecule has 3 N–H and O–H groups in total. The summed E-state index contributed by atoms with van der Waals surface area (Å²) in [6, 6.07) is 3.10. The molecule has 0 saturated heterocycles. The lowest BCUT2D eigenvalue weighted by Crippen LogP contribution is -2.27. The summed E-state index contributed by atoms with van der Waals surface area (Å²) in [7, 11) is -1.73. The van der Waals surface area contributed by atoms with Gasteiger partial charge in [-0.15, -0.1) is 0 Å². The van der Waals surface area contributed by atoms with Gasteiger partial charge in [-0.1, -0.05) is 6.07 Å². The Morgan fingerprint density at radius 3 is 2.70 bits per heavy atom. The molecule has 2 aromatic rings. The van der Waals surface area contributed by atoms with Crippen LogP contribution in [-0.4, -0.2) is 29.5 Å². The third kappa shape index (κ3) is 3.41. The fourth-order valence-electron chi connectivity index (χ4n) is 1.70. The highest BCUT2D eigenvalue weighted by atomic mass is 32.2. The monoisotopic (exact) mass is 295 g/mol. The zero-order chi connectivity index (χ0) is 14.6. The minimum atomic E-state index is -3.59. The van der Waals surface area contributed by atoms with Crippen LogP contribution in [0.4, 0.5) is 0 Å². The highest BCUT2D eigenvalue weighted by Crippen LogP contribution is 2.06. The van der Waals surface area contributed by atoms with Crippen LogP contribution >= 0.6 is 0 Å². The van der Waals surface area contributed by atoms with Gasteiger partial charge < -0.3 is 10.3 Å². The molecule has 0 aromatic carbocycles. The third-order valence-corrected chi connectivity index (χ3v) is 4.25. The number of aryl methyl sites for hydroxylation is 1. The lowest BCUT2D eigenvalue weighted by atomic mass is 10.3. The maximum Gasteiger partial charge on any atom is 0.258 e. The van der Waals surface area contributed by atoms with Gasteiger partial charge in [-0.2, -0.15) is 0 Å². The molecule has 0 aliphatic rings. The molecule has 108 valence electrons.